The molecule has 0 fully saturated rings. The van der Waals surface area contributed by atoms with Gasteiger partial charge in [-0.05, 0) is 38.1 Å². The van der Waals surface area contributed by atoms with Crippen LogP contribution in [-0.2, 0) is 6.42 Å². The van der Waals surface area contributed by atoms with E-state index in [0.29, 0.717) is 11.4 Å². The van der Waals surface area contributed by atoms with Crippen LogP contribution in [0.4, 0.5) is 0 Å². The van der Waals surface area contributed by atoms with Crippen molar-refractivity contribution in [1.29, 1.82) is 0 Å². The van der Waals surface area contributed by atoms with Crippen molar-refractivity contribution in [2.45, 2.75) is 25.9 Å². The average Bonchev–Trinajstić information content (AvgIpc) is 2.42. The molecule has 0 amide bonds. The molecule has 0 atom stereocenters. The molecule has 1 heterocycles. The Kier molecular flexibility index (Phi) is 2.49. The second-order valence-corrected chi connectivity index (χ2v) is 4.82. The maximum Gasteiger partial charge on any atom is 0.134 e. The van der Waals surface area contributed by atoms with E-state index in [1.54, 1.807) is 19.9 Å². The van der Waals surface area contributed by atoms with Crippen LogP contribution in [-0.4, -0.2) is 10.7 Å². The summed E-state index contributed by atoms with van der Waals surface area (Å²) < 4.78 is 5.58. The van der Waals surface area contributed by atoms with E-state index >= 15 is 0 Å². The third-order valence-corrected chi connectivity index (χ3v) is 2.37. The van der Waals surface area contributed by atoms with E-state index in [0.717, 1.165) is 16.7 Å². The monoisotopic (exact) mass is 224 g/mol. The number of rotatable bonds is 2. The molecule has 2 aromatic rings. The van der Waals surface area contributed by atoms with Crippen molar-refractivity contribution in [1.82, 2.24) is 0 Å². The van der Waals surface area contributed by atoms with Crippen LogP contribution in [0.1, 0.15) is 19.6 Å². The zero-order chi connectivity index (χ0) is 11.1. The normalized spacial score (nSPS) is 12.3. The summed E-state index contributed by atoms with van der Waals surface area (Å²) in [4.78, 5) is 0. The maximum absolute atomic E-state index is 9.66. The van der Waals surface area contributed by atoms with Gasteiger partial charge in [0.05, 0.1) is 5.60 Å². The van der Waals surface area contributed by atoms with Crippen LogP contribution in [0.3, 0.4) is 0 Å². The largest absolute Gasteiger partial charge is 0.461 e. The fourth-order valence-corrected chi connectivity index (χ4v) is 1.76. The quantitative estimate of drug-likeness (QED) is 0.848. The van der Waals surface area contributed by atoms with Gasteiger partial charge < -0.3 is 9.52 Å². The lowest BCUT2D eigenvalue weighted by atomic mass is 10.0. The molecule has 2 nitrogen and oxygen atoms in total. The molecule has 1 N–H and O–H groups in total. The maximum atomic E-state index is 9.66. The predicted molar refractivity (Wildman–Crippen MR) is 61.2 cm³/mol. The molecule has 1 aromatic heterocycles. The van der Waals surface area contributed by atoms with Crippen molar-refractivity contribution < 1.29 is 9.52 Å². The van der Waals surface area contributed by atoms with Gasteiger partial charge in [0.1, 0.15) is 11.3 Å². The molecule has 3 heteroatoms. The molecular weight excluding hydrogens is 212 g/mol. The highest BCUT2D eigenvalue weighted by molar-refractivity contribution is 6.31. The minimum absolute atomic E-state index is 0.499. The Hall–Kier alpha value is -0.990. The summed E-state index contributed by atoms with van der Waals surface area (Å²) in [6.45, 7) is 3.51. The highest BCUT2D eigenvalue weighted by Gasteiger charge is 2.16. The van der Waals surface area contributed by atoms with E-state index in [4.69, 9.17) is 16.0 Å². The third-order valence-electron chi connectivity index (χ3n) is 2.14. The number of halogens is 1. The van der Waals surface area contributed by atoms with E-state index in [2.05, 4.69) is 0 Å². The lowest BCUT2D eigenvalue weighted by Crippen LogP contribution is -2.21. The smallest absolute Gasteiger partial charge is 0.134 e. The summed E-state index contributed by atoms with van der Waals surface area (Å²) in [6.07, 6.45) is 0.499. The number of furan rings is 1. The lowest BCUT2D eigenvalue weighted by Gasteiger charge is -2.14. The first-order valence-corrected chi connectivity index (χ1v) is 5.22. The second-order valence-electron chi connectivity index (χ2n) is 4.38. The van der Waals surface area contributed by atoms with Crippen LogP contribution in [0.2, 0.25) is 5.02 Å². The minimum atomic E-state index is -0.752. The van der Waals surface area contributed by atoms with E-state index in [9.17, 15) is 5.11 Å². The molecule has 0 saturated heterocycles. The Labute approximate surface area is 93.5 Å². The zero-order valence-corrected chi connectivity index (χ0v) is 9.51. The molecule has 0 aliphatic carbocycles. The van der Waals surface area contributed by atoms with Crippen molar-refractivity contribution in [3.05, 3.63) is 35.0 Å². The summed E-state index contributed by atoms with van der Waals surface area (Å²) in [5, 5.41) is 11.3. The van der Waals surface area contributed by atoms with Crippen molar-refractivity contribution in [3.8, 4) is 0 Å². The molecule has 0 saturated carbocycles. The summed E-state index contributed by atoms with van der Waals surface area (Å²) in [7, 11) is 0. The van der Waals surface area contributed by atoms with Gasteiger partial charge in [0.25, 0.3) is 0 Å². The number of fused-ring (bicyclic) bond motifs is 1. The Morgan fingerprint density at radius 3 is 2.73 bits per heavy atom. The first-order chi connectivity index (χ1) is 6.94. The van der Waals surface area contributed by atoms with Crippen molar-refractivity contribution in [3.63, 3.8) is 0 Å². The Bertz CT molecular complexity index is 480. The fraction of sp³-hybridized carbons (Fsp3) is 0.333. The summed E-state index contributed by atoms with van der Waals surface area (Å²) in [6, 6.07) is 7.40. The molecule has 0 bridgehead atoms. The van der Waals surface area contributed by atoms with Gasteiger partial charge in [-0.3, -0.25) is 0 Å². The SMILES string of the molecule is CC(C)(O)Cc1cc2cc(Cl)ccc2o1. The zero-order valence-electron chi connectivity index (χ0n) is 8.75. The van der Waals surface area contributed by atoms with E-state index in [-0.39, 0.29) is 0 Å². The van der Waals surface area contributed by atoms with Gasteiger partial charge in [0.15, 0.2) is 0 Å². The topological polar surface area (TPSA) is 33.4 Å². The Morgan fingerprint density at radius 2 is 2.07 bits per heavy atom. The molecule has 0 unspecified atom stereocenters. The molecular formula is C12H13ClO2. The summed E-state index contributed by atoms with van der Waals surface area (Å²) in [5.41, 5.74) is 0.0520. The van der Waals surface area contributed by atoms with Crippen LogP contribution >= 0.6 is 11.6 Å². The standard InChI is InChI=1S/C12H13ClO2/c1-12(2,14)7-10-6-8-5-9(13)3-4-11(8)15-10/h3-6,14H,7H2,1-2H3. The van der Waals surface area contributed by atoms with Gasteiger partial charge in [-0.2, -0.15) is 0 Å². The Balaban J connectivity index is 2.39. The molecule has 80 valence electrons. The lowest BCUT2D eigenvalue weighted by molar-refractivity contribution is 0.0757. The van der Waals surface area contributed by atoms with E-state index < -0.39 is 5.60 Å². The van der Waals surface area contributed by atoms with E-state index in [1.165, 1.54) is 0 Å². The van der Waals surface area contributed by atoms with Crippen LogP contribution in [0, 0.1) is 0 Å². The van der Waals surface area contributed by atoms with Crippen LogP contribution < -0.4 is 0 Å². The second kappa shape index (κ2) is 3.54. The van der Waals surface area contributed by atoms with Crippen LogP contribution in [0.25, 0.3) is 11.0 Å². The first kappa shape index (κ1) is 10.5. The molecule has 15 heavy (non-hydrogen) atoms. The highest BCUT2D eigenvalue weighted by Crippen LogP contribution is 2.25. The molecule has 1 aromatic carbocycles. The third kappa shape index (κ3) is 2.52. The number of benzene rings is 1. The van der Waals surface area contributed by atoms with Crippen molar-refractivity contribution in [2.75, 3.05) is 0 Å². The molecule has 0 spiro atoms. The molecule has 0 radical (unpaired) electrons. The van der Waals surface area contributed by atoms with Gasteiger partial charge in [0, 0.05) is 16.8 Å². The minimum Gasteiger partial charge on any atom is -0.461 e. The summed E-state index contributed by atoms with van der Waals surface area (Å²) >= 11 is 5.87. The van der Waals surface area contributed by atoms with Crippen molar-refractivity contribution >= 4 is 22.6 Å². The number of hydrogen-bond acceptors (Lipinski definition) is 2. The van der Waals surface area contributed by atoms with Gasteiger partial charge in [-0.15, -0.1) is 0 Å². The highest BCUT2D eigenvalue weighted by atomic mass is 35.5. The first-order valence-electron chi connectivity index (χ1n) is 4.84. The van der Waals surface area contributed by atoms with Gasteiger partial charge in [0.2, 0.25) is 0 Å². The molecule has 0 aliphatic rings. The van der Waals surface area contributed by atoms with Crippen LogP contribution in [0.15, 0.2) is 28.7 Å². The molecule has 0 aliphatic heterocycles. The van der Waals surface area contributed by atoms with Gasteiger partial charge >= 0.3 is 0 Å². The number of aliphatic hydroxyl groups is 1. The summed E-state index contributed by atoms with van der Waals surface area (Å²) in [5.74, 6) is 0.778. The van der Waals surface area contributed by atoms with E-state index in [1.807, 2.05) is 18.2 Å². The van der Waals surface area contributed by atoms with Gasteiger partial charge in [-0.1, -0.05) is 11.6 Å². The molecule has 2 rings (SSSR count). The fourth-order valence-electron chi connectivity index (χ4n) is 1.58. The average molecular weight is 225 g/mol. The Morgan fingerprint density at radius 1 is 1.33 bits per heavy atom. The number of hydrogen-bond donors (Lipinski definition) is 1. The van der Waals surface area contributed by atoms with Crippen molar-refractivity contribution in [2.24, 2.45) is 0 Å². The van der Waals surface area contributed by atoms with Crippen LogP contribution in [0.5, 0.6) is 0 Å². The predicted octanol–water partition coefficient (Wildman–Crippen LogP) is 3.40. The van der Waals surface area contributed by atoms with Gasteiger partial charge in [-0.25, -0.2) is 0 Å².